The highest BCUT2D eigenvalue weighted by Crippen LogP contribution is 2.38. The van der Waals surface area contributed by atoms with Crippen LogP contribution in [0.25, 0.3) is 0 Å². The molecule has 1 heterocycles. The predicted octanol–water partition coefficient (Wildman–Crippen LogP) is 4.97. The Balaban J connectivity index is 1.72. The fourth-order valence-electron chi connectivity index (χ4n) is 4.67. The topological polar surface area (TPSA) is 55.7 Å². The first-order valence-electron chi connectivity index (χ1n) is 10.4. The van der Waals surface area contributed by atoms with Gasteiger partial charge in [0, 0.05) is 17.1 Å². The average molecular weight is 365 g/mol. The summed E-state index contributed by atoms with van der Waals surface area (Å²) in [5.74, 6) is 0.215. The molecule has 142 valence electrons. The minimum absolute atomic E-state index is 0.0481. The van der Waals surface area contributed by atoms with Crippen LogP contribution in [0.5, 0.6) is 0 Å². The number of ketones is 1. The molecule has 2 fully saturated rings. The van der Waals surface area contributed by atoms with Gasteiger partial charge < -0.3 is 4.74 Å². The number of benzene rings is 1. The fourth-order valence-corrected chi connectivity index (χ4v) is 4.67. The lowest BCUT2D eigenvalue weighted by Gasteiger charge is -2.28. The van der Waals surface area contributed by atoms with Crippen molar-refractivity contribution >= 4 is 17.7 Å². The zero-order valence-corrected chi connectivity index (χ0v) is 15.8. The van der Waals surface area contributed by atoms with Crippen LogP contribution in [-0.2, 0) is 14.3 Å². The SMILES string of the molecule is O=C1OC(c2ccccc2)=NC1=C(C(=O)C1CCCCC1)C1CCCCC1. The minimum atomic E-state index is -0.460. The maximum absolute atomic E-state index is 13.4. The Kier molecular flexibility index (Phi) is 5.51. The summed E-state index contributed by atoms with van der Waals surface area (Å²) in [6.07, 6.45) is 10.7. The third kappa shape index (κ3) is 3.90. The molecule has 0 radical (unpaired) electrons. The lowest BCUT2D eigenvalue weighted by Crippen LogP contribution is -2.27. The van der Waals surface area contributed by atoms with Gasteiger partial charge >= 0.3 is 5.97 Å². The lowest BCUT2D eigenvalue weighted by atomic mass is 9.75. The van der Waals surface area contributed by atoms with Crippen LogP contribution in [0.2, 0.25) is 0 Å². The largest absolute Gasteiger partial charge is 0.402 e. The molecule has 3 aliphatic rings. The van der Waals surface area contributed by atoms with E-state index >= 15 is 0 Å². The molecule has 0 N–H and O–H groups in total. The summed E-state index contributed by atoms with van der Waals surface area (Å²) in [5, 5.41) is 0. The summed E-state index contributed by atoms with van der Waals surface area (Å²) in [4.78, 5) is 30.7. The van der Waals surface area contributed by atoms with Gasteiger partial charge in [-0.15, -0.1) is 0 Å². The summed E-state index contributed by atoms with van der Waals surface area (Å²) in [6, 6.07) is 9.44. The second-order valence-corrected chi connectivity index (χ2v) is 7.97. The molecule has 27 heavy (non-hydrogen) atoms. The van der Waals surface area contributed by atoms with E-state index in [9.17, 15) is 9.59 Å². The zero-order chi connectivity index (χ0) is 18.6. The van der Waals surface area contributed by atoms with Crippen LogP contribution in [0.3, 0.4) is 0 Å². The second-order valence-electron chi connectivity index (χ2n) is 7.97. The van der Waals surface area contributed by atoms with E-state index in [-0.39, 0.29) is 23.3 Å². The van der Waals surface area contributed by atoms with Crippen LogP contribution >= 0.6 is 0 Å². The third-order valence-corrected chi connectivity index (χ3v) is 6.13. The van der Waals surface area contributed by atoms with E-state index in [0.717, 1.165) is 56.9 Å². The van der Waals surface area contributed by atoms with Crippen LogP contribution in [0, 0.1) is 11.8 Å². The minimum Gasteiger partial charge on any atom is -0.402 e. The van der Waals surface area contributed by atoms with E-state index in [1.165, 1.54) is 12.8 Å². The van der Waals surface area contributed by atoms with Gasteiger partial charge in [0.1, 0.15) is 0 Å². The summed E-state index contributed by atoms with van der Waals surface area (Å²) in [5.41, 5.74) is 1.71. The molecule has 0 aromatic heterocycles. The number of aliphatic imine (C=N–C) groups is 1. The van der Waals surface area contributed by atoms with Gasteiger partial charge in [-0.2, -0.15) is 0 Å². The number of hydrogen-bond donors (Lipinski definition) is 0. The number of carbonyl (C=O) groups excluding carboxylic acids is 2. The Bertz CT molecular complexity index is 766. The first-order valence-corrected chi connectivity index (χ1v) is 10.4. The standard InChI is InChI=1S/C23H27NO3/c25-21(17-12-6-2-7-13-17)19(16-10-4-1-5-11-16)20-23(26)27-22(24-20)18-14-8-3-9-15-18/h3,8-9,14-17H,1-2,4-7,10-13H2. The second kappa shape index (κ2) is 8.20. The number of hydrogen-bond acceptors (Lipinski definition) is 4. The highest BCUT2D eigenvalue weighted by Gasteiger charge is 2.37. The Hall–Kier alpha value is -2.23. The molecule has 0 saturated heterocycles. The van der Waals surface area contributed by atoms with Crippen LogP contribution in [0.1, 0.15) is 69.8 Å². The molecule has 4 nitrogen and oxygen atoms in total. The molecule has 0 atom stereocenters. The van der Waals surface area contributed by atoms with E-state index in [2.05, 4.69) is 4.99 Å². The van der Waals surface area contributed by atoms with Crippen molar-refractivity contribution < 1.29 is 14.3 Å². The maximum atomic E-state index is 13.4. The predicted molar refractivity (Wildman–Crippen MR) is 104 cm³/mol. The van der Waals surface area contributed by atoms with Crippen molar-refractivity contribution in [2.24, 2.45) is 16.8 Å². The number of ether oxygens (including phenoxy) is 1. The monoisotopic (exact) mass is 365 g/mol. The number of nitrogens with zero attached hydrogens (tertiary/aromatic N) is 1. The van der Waals surface area contributed by atoms with E-state index in [0.29, 0.717) is 11.5 Å². The van der Waals surface area contributed by atoms with Gasteiger partial charge in [0.15, 0.2) is 11.5 Å². The molecule has 2 saturated carbocycles. The summed E-state index contributed by atoms with van der Waals surface area (Å²) < 4.78 is 5.47. The van der Waals surface area contributed by atoms with Gasteiger partial charge in [-0.05, 0) is 43.7 Å². The summed E-state index contributed by atoms with van der Waals surface area (Å²) in [6.45, 7) is 0. The normalized spacial score (nSPS) is 23.7. The van der Waals surface area contributed by atoms with Gasteiger partial charge in [0.05, 0.1) is 0 Å². The summed E-state index contributed by atoms with van der Waals surface area (Å²) in [7, 11) is 0. The third-order valence-electron chi connectivity index (χ3n) is 6.13. The van der Waals surface area contributed by atoms with Crippen molar-refractivity contribution in [1.29, 1.82) is 0 Å². The number of rotatable bonds is 4. The van der Waals surface area contributed by atoms with Crippen molar-refractivity contribution in [2.75, 3.05) is 0 Å². The first kappa shape index (κ1) is 18.1. The van der Waals surface area contributed by atoms with Gasteiger partial charge in [-0.25, -0.2) is 9.79 Å². The van der Waals surface area contributed by atoms with Crippen molar-refractivity contribution in [3.63, 3.8) is 0 Å². The lowest BCUT2D eigenvalue weighted by molar-refractivity contribution is -0.130. The molecule has 0 unspecified atom stereocenters. The van der Waals surface area contributed by atoms with Crippen LogP contribution in [-0.4, -0.2) is 17.7 Å². The molecule has 0 spiro atoms. The number of esters is 1. The zero-order valence-electron chi connectivity index (χ0n) is 15.8. The van der Waals surface area contributed by atoms with Gasteiger partial charge in [0.2, 0.25) is 5.90 Å². The van der Waals surface area contributed by atoms with Gasteiger partial charge in [-0.1, -0.05) is 56.7 Å². The van der Waals surface area contributed by atoms with Crippen LogP contribution < -0.4 is 0 Å². The van der Waals surface area contributed by atoms with Gasteiger partial charge in [0.25, 0.3) is 0 Å². The quantitative estimate of drug-likeness (QED) is 0.559. The smallest absolute Gasteiger partial charge is 0.364 e. The molecule has 4 heteroatoms. The fraction of sp³-hybridized carbons (Fsp3) is 0.522. The number of allylic oxidation sites excluding steroid dienone is 1. The molecule has 1 aromatic carbocycles. The number of cyclic esters (lactones) is 1. The first-order chi connectivity index (χ1) is 13.2. The van der Waals surface area contributed by atoms with Crippen molar-refractivity contribution in [3.8, 4) is 0 Å². The number of carbonyl (C=O) groups is 2. The van der Waals surface area contributed by atoms with Crippen LogP contribution in [0.4, 0.5) is 0 Å². The molecular weight excluding hydrogens is 338 g/mol. The number of Topliss-reactive ketones (excluding diaryl/α,β-unsaturated/α-hetero) is 1. The van der Waals surface area contributed by atoms with Crippen molar-refractivity contribution in [1.82, 2.24) is 0 Å². The van der Waals surface area contributed by atoms with E-state index in [1.807, 2.05) is 30.3 Å². The molecule has 1 aliphatic heterocycles. The van der Waals surface area contributed by atoms with E-state index in [4.69, 9.17) is 4.74 Å². The van der Waals surface area contributed by atoms with Gasteiger partial charge in [-0.3, -0.25) is 4.79 Å². The van der Waals surface area contributed by atoms with Crippen molar-refractivity contribution in [3.05, 3.63) is 47.2 Å². The average Bonchev–Trinajstić information content (AvgIpc) is 3.11. The van der Waals surface area contributed by atoms with E-state index < -0.39 is 5.97 Å². The Labute approximate surface area is 160 Å². The molecular formula is C23H27NO3. The van der Waals surface area contributed by atoms with E-state index in [1.54, 1.807) is 0 Å². The molecule has 1 aromatic rings. The molecule has 0 bridgehead atoms. The maximum Gasteiger partial charge on any atom is 0.364 e. The van der Waals surface area contributed by atoms with Crippen LogP contribution in [0.15, 0.2) is 46.6 Å². The highest BCUT2D eigenvalue weighted by atomic mass is 16.6. The Morgan fingerprint density at radius 3 is 2.07 bits per heavy atom. The molecule has 2 aliphatic carbocycles. The highest BCUT2D eigenvalue weighted by molar-refractivity contribution is 6.15. The molecule has 0 amide bonds. The Morgan fingerprint density at radius 1 is 0.852 bits per heavy atom. The summed E-state index contributed by atoms with van der Waals surface area (Å²) >= 11 is 0. The molecule has 4 rings (SSSR count). The Morgan fingerprint density at radius 2 is 1.44 bits per heavy atom. The van der Waals surface area contributed by atoms with Crippen molar-refractivity contribution in [2.45, 2.75) is 64.2 Å².